The van der Waals surface area contributed by atoms with Gasteiger partial charge in [-0.25, -0.2) is 4.79 Å². The molecule has 1 aromatic heterocycles. The van der Waals surface area contributed by atoms with E-state index in [2.05, 4.69) is 0 Å². The number of ether oxygens (including phenoxy) is 1. The lowest BCUT2D eigenvalue weighted by Gasteiger charge is -2.06. The Kier molecular flexibility index (Phi) is 5.39. The molecule has 0 saturated carbocycles. The monoisotopic (exact) mass is 351 g/mol. The Hall–Kier alpha value is -3.05. The van der Waals surface area contributed by atoms with Crippen LogP contribution in [0.3, 0.4) is 0 Å². The van der Waals surface area contributed by atoms with Gasteiger partial charge in [0.2, 0.25) is 5.76 Å². The van der Waals surface area contributed by atoms with E-state index in [9.17, 15) is 15.0 Å². The zero-order valence-corrected chi connectivity index (χ0v) is 14.5. The van der Waals surface area contributed by atoms with Crippen LogP contribution >= 0.6 is 0 Å². The van der Waals surface area contributed by atoms with Crippen LogP contribution in [-0.2, 0) is 16.1 Å². The van der Waals surface area contributed by atoms with Gasteiger partial charge < -0.3 is 19.5 Å². The fourth-order valence-electron chi connectivity index (χ4n) is 2.93. The average molecular weight is 351 g/mol. The normalized spacial score (nSPS) is 12.9. The highest BCUT2D eigenvalue weighted by Crippen LogP contribution is 2.28. The maximum Gasteiger partial charge on any atom is 0.373 e. The fraction of sp³-hybridized carbons (Fsp3) is 0.190. The van der Waals surface area contributed by atoms with E-state index in [1.54, 1.807) is 6.92 Å². The Morgan fingerprint density at radius 2 is 1.85 bits per heavy atom. The molecule has 3 rings (SSSR count). The molecule has 0 saturated heterocycles. The van der Waals surface area contributed by atoms with Crippen molar-refractivity contribution in [1.82, 2.24) is 4.57 Å². The number of aliphatic hydroxyl groups is 2. The number of hydrogen-bond acceptors (Lipinski definition) is 4. The topological polar surface area (TPSA) is 71.7 Å². The minimum Gasteiger partial charge on any atom is -0.502 e. The first-order chi connectivity index (χ1) is 12.6. The van der Waals surface area contributed by atoms with E-state index in [4.69, 9.17) is 4.74 Å². The first kappa shape index (κ1) is 17.8. The van der Waals surface area contributed by atoms with Crippen molar-refractivity contribution in [3.63, 3.8) is 0 Å². The number of hydrogen-bond donors (Lipinski definition) is 2. The lowest BCUT2D eigenvalue weighted by Crippen LogP contribution is -2.08. The predicted molar refractivity (Wildman–Crippen MR) is 99.8 cm³/mol. The van der Waals surface area contributed by atoms with E-state index in [-0.39, 0.29) is 6.61 Å². The molecule has 0 spiro atoms. The third-order valence-electron chi connectivity index (χ3n) is 4.13. The van der Waals surface area contributed by atoms with Gasteiger partial charge in [-0.05, 0) is 24.6 Å². The molecular weight excluding hydrogens is 330 g/mol. The third kappa shape index (κ3) is 3.78. The molecule has 0 amide bonds. The first-order valence-corrected chi connectivity index (χ1v) is 8.47. The summed E-state index contributed by atoms with van der Waals surface area (Å²) in [6.07, 6.45) is 1.82. The van der Waals surface area contributed by atoms with Crippen LogP contribution in [0.5, 0.6) is 0 Å². The van der Waals surface area contributed by atoms with E-state index in [1.807, 2.05) is 65.4 Å². The van der Waals surface area contributed by atoms with Gasteiger partial charge in [0, 0.05) is 29.2 Å². The highest BCUT2D eigenvalue weighted by atomic mass is 16.5. The van der Waals surface area contributed by atoms with E-state index in [1.165, 1.54) is 0 Å². The predicted octanol–water partition coefficient (Wildman–Crippen LogP) is 3.73. The second kappa shape index (κ2) is 7.89. The van der Waals surface area contributed by atoms with Crippen LogP contribution in [-0.4, -0.2) is 27.4 Å². The molecule has 0 radical (unpaired) electrons. The van der Waals surface area contributed by atoms with Crippen LogP contribution in [0.2, 0.25) is 0 Å². The number of para-hydroxylation sites is 1. The number of nitrogens with zero attached hydrogens (tertiary/aromatic N) is 1. The van der Waals surface area contributed by atoms with Gasteiger partial charge in [-0.1, -0.05) is 48.5 Å². The molecule has 134 valence electrons. The molecule has 1 unspecified atom stereocenters. The molecule has 3 aromatic rings. The zero-order chi connectivity index (χ0) is 18.5. The fourth-order valence-corrected chi connectivity index (χ4v) is 2.93. The molecule has 0 bridgehead atoms. The van der Waals surface area contributed by atoms with Gasteiger partial charge in [0.1, 0.15) is 6.10 Å². The summed E-state index contributed by atoms with van der Waals surface area (Å²) in [7, 11) is 0. The zero-order valence-electron chi connectivity index (χ0n) is 14.5. The van der Waals surface area contributed by atoms with Gasteiger partial charge in [-0.15, -0.1) is 0 Å². The summed E-state index contributed by atoms with van der Waals surface area (Å²) >= 11 is 0. The number of carbonyl (C=O) groups is 1. The van der Waals surface area contributed by atoms with Gasteiger partial charge in [0.15, 0.2) is 0 Å². The standard InChI is InChI=1S/C21H21NO4/c1-2-26-21(25)20(24)12-19(23)17-14-22(13-15-8-4-3-5-9-15)18-11-7-6-10-16(17)18/h3-12,14,19,23-24H,2,13H2,1H3/b20-12+. The van der Waals surface area contributed by atoms with E-state index in [0.717, 1.165) is 22.5 Å². The number of fused-ring (bicyclic) bond motifs is 1. The van der Waals surface area contributed by atoms with Crippen LogP contribution in [0.15, 0.2) is 72.6 Å². The third-order valence-corrected chi connectivity index (χ3v) is 4.13. The second-order valence-electron chi connectivity index (χ2n) is 5.93. The number of esters is 1. The summed E-state index contributed by atoms with van der Waals surface area (Å²) in [5.41, 5.74) is 2.72. The van der Waals surface area contributed by atoms with Crippen LogP contribution in [0.25, 0.3) is 10.9 Å². The Balaban J connectivity index is 1.96. The maximum absolute atomic E-state index is 11.6. The molecule has 0 aliphatic rings. The van der Waals surface area contributed by atoms with Gasteiger partial charge in [0.25, 0.3) is 0 Å². The Labute approximate surface area is 151 Å². The lowest BCUT2D eigenvalue weighted by atomic mass is 10.1. The van der Waals surface area contributed by atoms with Crippen LogP contribution < -0.4 is 0 Å². The van der Waals surface area contributed by atoms with E-state index in [0.29, 0.717) is 12.1 Å². The first-order valence-electron chi connectivity index (χ1n) is 8.47. The molecule has 5 heteroatoms. The minimum absolute atomic E-state index is 0.156. The molecule has 0 fully saturated rings. The van der Waals surface area contributed by atoms with Crippen LogP contribution in [0.4, 0.5) is 0 Å². The molecule has 0 aliphatic heterocycles. The largest absolute Gasteiger partial charge is 0.502 e. The van der Waals surface area contributed by atoms with Crippen molar-refractivity contribution in [2.75, 3.05) is 6.61 Å². The summed E-state index contributed by atoms with van der Waals surface area (Å²) in [6.45, 7) is 2.46. The molecular formula is C21H21NO4. The quantitative estimate of drug-likeness (QED) is 0.403. The smallest absolute Gasteiger partial charge is 0.373 e. The van der Waals surface area contributed by atoms with Crippen molar-refractivity contribution in [2.24, 2.45) is 0 Å². The van der Waals surface area contributed by atoms with Crippen molar-refractivity contribution in [2.45, 2.75) is 19.6 Å². The Morgan fingerprint density at radius 1 is 1.15 bits per heavy atom. The van der Waals surface area contributed by atoms with Crippen molar-refractivity contribution in [1.29, 1.82) is 0 Å². The molecule has 1 heterocycles. The number of carbonyl (C=O) groups excluding carboxylic acids is 1. The highest BCUT2D eigenvalue weighted by Gasteiger charge is 2.17. The summed E-state index contributed by atoms with van der Waals surface area (Å²) in [4.78, 5) is 11.6. The summed E-state index contributed by atoms with van der Waals surface area (Å²) < 4.78 is 6.78. The number of aromatic nitrogens is 1. The number of rotatable bonds is 6. The number of aliphatic hydroxyl groups excluding tert-OH is 2. The second-order valence-corrected chi connectivity index (χ2v) is 5.93. The van der Waals surface area contributed by atoms with Crippen molar-refractivity contribution < 1.29 is 19.7 Å². The molecule has 26 heavy (non-hydrogen) atoms. The molecule has 0 aliphatic carbocycles. The minimum atomic E-state index is -1.12. The molecule has 5 nitrogen and oxygen atoms in total. The van der Waals surface area contributed by atoms with Gasteiger partial charge in [0.05, 0.1) is 6.61 Å². The lowest BCUT2D eigenvalue weighted by molar-refractivity contribution is -0.141. The van der Waals surface area contributed by atoms with Crippen LogP contribution in [0, 0.1) is 0 Å². The molecule has 2 N–H and O–H groups in total. The maximum atomic E-state index is 11.6. The van der Waals surface area contributed by atoms with Gasteiger partial charge >= 0.3 is 5.97 Å². The summed E-state index contributed by atoms with van der Waals surface area (Å²) in [5, 5.41) is 21.2. The summed E-state index contributed by atoms with van der Waals surface area (Å²) in [5.74, 6) is -1.45. The van der Waals surface area contributed by atoms with E-state index >= 15 is 0 Å². The summed E-state index contributed by atoms with van der Waals surface area (Å²) in [6, 6.07) is 17.7. The molecule has 1 atom stereocenters. The number of benzene rings is 2. The van der Waals surface area contributed by atoms with Crippen molar-refractivity contribution in [3.05, 3.63) is 83.8 Å². The van der Waals surface area contributed by atoms with Gasteiger partial charge in [-0.2, -0.15) is 0 Å². The molecule has 2 aromatic carbocycles. The Morgan fingerprint density at radius 3 is 2.58 bits per heavy atom. The average Bonchev–Trinajstić information content (AvgIpc) is 3.01. The van der Waals surface area contributed by atoms with Gasteiger partial charge in [-0.3, -0.25) is 0 Å². The van der Waals surface area contributed by atoms with E-state index < -0.39 is 17.8 Å². The Bertz CT molecular complexity index is 928. The SMILES string of the molecule is CCOC(=O)/C(O)=C\C(O)c1cn(Cc2ccccc2)c2ccccc12. The van der Waals surface area contributed by atoms with Crippen LogP contribution in [0.1, 0.15) is 24.2 Å². The van der Waals surface area contributed by atoms with Crippen molar-refractivity contribution in [3.8, 4) is 0 Å². The highest BCUT2D eigenvalue weighted by molar-refractivity contribution is 5.87. The van der Waals surface area contributed by atoms with Crippen molar-refractivity contribution >= 4 is 16.9 Å².